The molecule has 0 spiro atoms. The predicted octanol–water partition coefficient (Wildman–Crippen LogP) is -0.0562. The average Bonchev–Trinajstić information content (AvgIpc) is 3.80. The fourth-order valence-electron chi connectivity index (χ4n) is 6.60. The van der Waals surface area contributed by atoms with E-state index in [1.54, 1.807) is 6.20 Å². The lowest BCUT2D eigenvalue weighted by atomic mass is 9.99. The highest BCUT2D eigenvalue weighted by molar-refractivity contribution is 5.97. The van der Waals surface area contributed by atoms with Crippen molar-refractivity contribution in [1.29, 1.82) is 0 Å². The van der Waals surface area contributed by atoms with Gasteiger partial charge in [0.25, 0.3) is 0 Å². The van der Waals surface area contributed by atoms with Crippen molar-refractivity contribution >= 4 is 52.3 Å². The number of nitrogens with one attached hydrogen (secondary N) is 5. The number of fused-ring (bicyclic) bond motifs is 1. The van der Waals surface area contributed by atoms with Crippen LogP contribution in [0.25, 0.3) is 10.9 Å². The monoisotopic (exact) mass is 762 g/mol. The van der Waals surface area contributed by atoms with Gasteiger partial charge in [0.1, 0.15) is 36.0 Å². The Kier molecular flexibility index (Phi) is 14.7. The molecule has 1 fully saturated rings. The first-order valence-electron chi connectivity index (χ1n) is 18.2. The van der Waals surface area contributed by atoms with Gasteiger partial charge in [-0.2, -0.15) is 0 Å². The summed E-state index contributed by atoms with van der Waals surface area (Å²) in [6.45, 7) is 3.64. The molecule has 1 aromatic heterocycles. The molecule has 2 heterocycles. The van der Waals surface area contributed by atoms with Crippen molar-refractivity contribution in [2.75, 3.05) is 13.1 Å². The maximum atomic E-state index is 14.0. The van der Waals surface area contributed by atoms with Crippen LogP contribution in [0, 0.1) is 5.92 Å². The number of carboxylic acid groups (broad SMARTS) is 1. The van der Waals surface area contributed by atoms with Crippen LogP contribution >= 0.6 is 0 Å². The van der Waals surface area contributed by atoms with Crippen LogP contribution in [0.2, 0.25) is 0 Å². The molecular weight excluding hydrogens is 712 g/mol. The van der Waals surface area contributed by atoms with Gasteiger partial charge in [0, 0.05) is 42.9 Å². The third-order valence-corrected chi connectivity index (χ3v) is 9.43. The number of aromatic amines is 1. The standard InChI is InChI=1S/C38H50N8O9/c1-21(2)16-28(35(51)45-30(38(54)55)18-23-20-41-26-7-4-3-6-25(23)26)43-36(52)29(17-22-9-11-24(47)12-10-22)44-34(50)27(13-14-32(40)48)42-37(53)31-8-5-15-46(31)33(49)19-39/h3-4,6-7,9-12,20-21,27-31,41,47H,5,8,13-19,39H2,1-2H3,(H2,40,48)(H,42,53)(H,43,52)(H,44,50)(H,45,51)(H,54,55). The van der Waals surface area contributed by atoms with Crippen LogP contribution in [0.4, 0.5) is 0 Å². The number of aromatic hydroxyl groups is 1. The first-order valence-corrected chi connectivity index (χ1v) is 18.2. The topological polar surface area (TPSA) is 279 Å². The van der Waals surface area contributed by atoms with Crippen LogP contribution in [0.1, 0.15) is 57.1 Å². The number of carbonyl (C=O) groups is 7. The fraction of sp³-hybridized carbons (Fsp3) is 0.447. The second-order valence-electron chi connectivity index (χ2n) is 14.1. The lowest BCUT2D eigenvalue weighted by molar-refractivity contribution is -0.142. The van der Waals surface area contributed by atoms with Gasteiger partial charge < -0.3 is 52.8 Å². The van der Waals surface area contributed by atoms with Crippen molar-refractivity contribution in [3.8, 4) is 5.75 Å². The second kappa shape index (κ2) is 19.4. The Morgan fingerprint density at radius 1 is 0.855 bits per heavy atom. The number of benzene rings is 2. The molecule has 55 heavy (non-hydrogen) atoms. The van der Waals surface area contributed by atoms with Crippen molar-refractivity contribution in [2.24, 2.45) is 17.4 Å². The fourth-order valence-corrected chi connectivity index (χ4v) is 6.60. The van der Waals surface area contributed by atoms with Crippen molar-refractivity contribution < 1.29 is 43.8 Å². The Labute approximate surface area is 317 Å². The number of H-pyrrole nitrogens is 1. The maximum Gasteiger partial charge on any atom is 0.326 e. The third-order valence-electron chi connectivity index (χ3n) is 9.43. The van der Waals surface area contributed by atoms with E-state index in [-0.39, 0.29) is 50.3 Å². The SMILES string of the molecule is CC(C)CC(NC(=O)C(Cc1ccc(O)cc1)NC(=O)C(CCC(N)=O)NC(=O)C1CCCN1C(=O)CN)C(=O)NC(Cc1c[nH]c2ccccc12)C(=O)O. The first-order chi connectivity index (χ1) is 26.2. The number of aliphatic carboxylic acids is 1. The molecule has 3 aromatic rings. The van der Waals surface area contributed by atoms with E-state index in [2.05, 4.69) is 26.3 Å². The van der Waals surface area contributed by atoms with Gasteiger partial charge in [-0.1, -0.05) is 44.2 Å². The van der Waals surface area contributed by atoms with Gasteiger partial charge in [0.2, 0.25) is 35.4 Å². The van der Waals surface area contributed by atoms with Crippen LogP contribution in [-0.2, 0) is 46.4 Å². The smallest absolute Gasteiger partial charge is 0.326 e. The molecule has 2 aromatic carbocycles. The number of carbonyl (C=O) groups excluding carboxylic acids is 6. The molecule has 1 saturated heterocycles. The van der Waals surface area contributed by atoms with Crippen LogP contribution in [0.3, 0.4) is 0 Å². The van der Waals surface area contributed by atoms with E-state index in [9.17, 15) is 43.8 Å². The third kappa shape index (κ3) is 11.8. The van der Waals surface area contributed by atoms with E-state index in [1.807, 2.05) is 38.1 Å². The van der Waals surface area contributed by atoms with Crippen molar-refractivity contribution in [3.05, 3.63) is 65.9 Å². The van der Waals surface area contributed by atoms with Gasteiger partial charge in [-0.15, -0.1) is 0 Å². The Morgan fingerprint density at radius 2 is 1.49 bits per heavy atom. The zero-order valence-corrected chi connectivity index (χ0v) is 30.9. The van der Waals surface area contributed by atoms with Gasteiger partial charge in [0.05, 0.1) is 6.54 Å². The molecule has 0 aliphatic carbocycles. The molecule has 0 bridgehead atoms. The number of nitrogens with zero attached hydrogens (tertiary/aromatic N) is 1. The second-order valence-corrected chi connectivity index (χ2v) is 14.1. The predicted molar refractivity (Wildman–Crippen MR) is 201 cm³/mol. The Balaban J connectivity index is 1.55. The molecule has 1 aliphatic rings. The largest absolute Gasteiger partial charge is 0.508 e. The summed E-state index contributed by atoms with van der Waals surface area (Å²) in [7, 11) is 0. The molecule has 17 heteroatoms. The average molecular weight is 763 g/mol. The van der Waals surface area contributed by atoms with E-state index < -0.39 is 71.6 Å². The highest BCUT2D eigenvalue weighted by Crippen LogP contribution is 2.20. The van der Waals surface area contributed by atoms with Crippen molar-refractivity contribution in [1.82, 2.24) is 31.2 Å². The van der Waals surface area contributed by atoms with Crippen LogP contribution < -0.4 is 32.7 Å². The lowest BCUT2D eigenvalue weighted by Crippen LogP contribution is -2.59. The molecule has 5 unspecified atom stereocenters. The first kappa shape index (κ1) is 41.8. The van der Waals surface area contributed by atoms with Gasteiger partial charge >= 0.3 is 5.97 Å². The summed E-state index contributed by atoms with van der Waals surface area (Å²) in [6.07, 6.45) is 2.00. The number of hydrogen-bond donors (Lipinski definition) is 9. The Bertz CT molecular complexity index is 1860. The minimum atomic E-state index is -1.35. The van der Waals surface area contributed by atoms with Gasteiger partial charge in [-0.3, -0.25) is 28.8 Å². The number of aromatic nitrogens is 1. The highest BCUT2D eigenvalue weighted by atomic mass is 16.4. The van der Waals surface area contributed by atoms with Crippen molar-refractivity contribution in [2.45, 2.75) is 89.0 Å². The molecule has 6 amide bonds. The van der Waals surface area contributed by atoms with E-state index in [0.29, 0.717) is 30.5 Å². The molecule has 17 nitrogen and oxygen atoms in total. The minimum Gasteiger partial charge on any atom is -0.508 e. The summed E-state index contributed by atoms with van der Waals surface area (Å²) < 4.78 is 0. The summed E-state index contributed by atoms with van der Waals surface area (Å²) in [5.74, 6) is -5.63. The zero-order chi connectivity index (χ0) is 40.2. The number of carboxylic acids is 1. The van der Waals surface area contributed by atoms with E-state index >= 15 is 0 Å². The van der Waals surface area contributed by atoms with E-state index in [4.69, 9.17) is 11.5 Å². The molecule has 4 rings (SSSR count). The quantitative estimate of drug-likeness (QED) is 0.0785. The van der Waals surface area contributed by atoms with Gasteiger partial charge in [-0.25, -0.2) is 4.79 Å². The number of likely N-dealkylation sites (tertiary alicyclic amines) is 1. The van der Waals surface area contributed by atoms with Gasteiger partial charge in [-0.05, 0) is 60.9 Å². The number of primary amides is 1. The van der Waals surface area contributed by atoms with Crippen LogP contribution in [-0.4, -0.2) is 105 Å². The van der Waals surface area contributed by atoms with Crippen LogP contribution in [0.15, 0.2) is 54.7 Å². The Hall–Kier alpha value is -5.97. The zero-order valence-electron chi connectivity index (χ0n) is 30.9. The normalized spacial score (nSPS) is 16.1. The minimum absolute atomic E-state index is 0.0358. The summed E-state index contributed by atoms with van der Waals surface area (Å²) in [4.78, 5) is 95.8. The molecule has 0 radical (unpaired) electrons. The van der Waals surface area contributed by atoms with Gasteiger partial charge in [0.15, 0.2) is 0 Å². The number of hydrogen-bond acceptors (Lipinski definition) is 9. The number of phenolic OH excluding ortho intramolecular Hbond substituents is 1. The summed E-state index contributed by atoms with van der Waals surface area (Å²) in [6, 6.07) is 7.07. The maximum absolute atomic E-state index is 14.0. The number of nitrogens with two attached hydrogens (primary N) is 2. The van der Waals surface area contributed by atoms with Crippen LogP contribution in [0.5, 0.6) is 5.75 Å². The van der Waals surface area contributed by atoms with E-state index in [0.717, 1.165) is 10.9 Å². The highest BCUT2D eigenvalue weighted by Gasteiger charge is 2.37. The Morgan fingerprint density at radius 3 is 2.15 bits per heavy atom. The molecule has 1 aliphatic heterocycles. The van der Waals surface area contributed by atoms with E-state index in [1.165, 1.54) is 29.2 Å². The number of para-hydroxylation sites is 1. The summed E-state index contributed by atoms with van der Waals surface area (Å²) >= 11 is 0. The molecule has 11 N–H and O–H groups in total. The number of amides is 6. The summed E-state index contributed by atoms with van der Waals surface area (Å²) in [5.41, 5.74) is 12.9. The lowest BCUT2D eigenvalue weighted by Gasteiger charge is -2.28. The number of phenols is 1. The van der Waals surface area contributed by atoms with Crippen molar-refractivity contribution in [3.63, 3.8) is 0 Å². The molecule has 5 atom stereocenters. The molecular formula is C38H50N8O9. The molecule has 296 valence electrons. The summed E-state index contributed by atoms with van der Waals surface area (Å²) in [5, 5.41) is 31.2. The molecule has 0 saturated carbocycles. The number of rotatable bonds is 19.